The Morgan fingerprint density at radius 3 is 2.25 bits per heavy atom. The fourth-order valence-corrected chi connectivity index (χ4v) is 3.23. The lowest BCUT2D eigenvalue weighted by atomic mass is 9.71. The van der Waals surface area contributed by atoms with Gasteiger partial charge in [-0.15, -0.1) is 0 Å². The summed E-state index contributed by atoms with van der Waals surface area (Å²) >= 11 is 0. The molecule has 0 aliphatic heterocycles. The highest BCUT2D eigenvalue weighted by molar-refractivity contribution is 4.96. The zero-order valence-corrected chi connectivity index (χ0v) is 8.05. The van der Waals surface area contributed by atoms with Gasteiger partial charge < -0.3 is 5.11 Å². The number of aliphatic hydroxyl groups is 1. The van der Waals surface area contributed by atoms with Crippen molar-refractivity contribution in [2.24, 2.45) is 11.3 Å². The van der Waals surface area contributed by atoms with Crippen LogP contribution < -0.4 is 0 Å². The van der Waals surface area contributed by atoms with Gasteiger partial charge in [0.25, 0.3) is 0 Å². The molecule has 1 N–H and O–H groups in total. The van der Waals surface area contributed by atoms with Gasteiger partial charge in [-0.05, 0) is 37.0 Å². The standard InChI is InChI=1S/C11H20O/c1-9-5-8-11(10(9)12)6-3-2-4-7-11/h9-10,12H,2-8H2,1H3/t9-,10-/m1/s1. The van der Waals surface area contributed by atoms with Crippen molar-refractivity contribution in [3.63, 3.8) is 0 Å². The van der Waals surface area contributed by atoms with Crippen LogP contribution in [-0.4, -0.2) is 11.2 Å². The van der Waals surface area contributed by atoms with Crippen LogP contribution in [0.5, 0.6) is 0 Å². The van der Waals surface area contributed by atoms with Crippen LogP contribution in [0.2, 0.25) is 0 Å². The van der Waals surface area contributed by atoms with E-state index in [0.29, 0.717) is 11.3 Å². The van der Waals surface area contributed by atoms with Crippen LogP contribution in [0.25, 0.3) is 0 Å². The number of aliphatic hydroxyl groups excluding tert-OH is 1. The summed E-state index contributed by atoms with van der Waals surface area (Å²) in [5, 5.41) is 10.1. The lowest BCUT2D eigenvalue weighted by Crippen LogP contribution is -2.34. The Labute approximate surface area is 75.2 Å². The second-order valence-corrected chi connectivity index (χ2v) is 4.88. The maximum atomic E-state index is 10.1. The van der Waals surface area contributed by atoms with Crippen LogP contribution in [0, 0.1) is 11.3 Å². The maximum absolute atomic E-state index is 10.1. The molecule has 0 aromatic rings. The minimum Gasteiger partial charge on any atom is -0.392 e. The number of rotatable bonds is 0. The van der Waals surface area contributed by atoms with Crippen molar-refractivity contribution in [2.75, 3.05) is 0 Å². The smallest absolute Gasteiger partial charge is 0.0621 e. The Balaban J connectivity index is 2.09. The van der Waals surface area contributed by atoms with E-state index in [1.54, 1.807) is 0 Å². The molecule has 0 bridgehead atoms. The molecule has 2 atom stereocenters. The zero-order chi connectivity index (χ0) is 8.60. The SMILES string of the molecule is C[C@@H]1CCC2(CCCCC2)[C@@H]1O. The van der Waals surface area contributed by atoms with Crippen molar-refractivity contribution in [3.05, 3.63) is 0 Å². The minimum atomic E-state index is 0.0119. The molecule has 2 rings (SSSR count). The molecule has 70 valence electrons. The summed E-state index contributed by atoms with van der Waals surface area (Å²) in [5.41, 5.74) is 0.359. The first-order valence-electron chi connectivity index (χ1n) is 5.43. The third-order valence-corrected chi connectivity index (χ3v) is 4.11. The molecule has 2 aliphatic rings. The highest BCUT2D eigenvalue weighted by Crippen LogP contribution is 2.51. The molecule has 12 heavy (non-hydrogen) atoms. The van der Waals surface area contributed by atoms with Gasteiger partial charge in [-0.1, -0.05) is 26.2 Å². The van der Waals surface area contributed by atoms with E-state index in [2.05, 4.69) is 6.92 Å². The van der Waals surface area contributed by atoms with E-state index in [4.69, 9.17) is 0 Å². The summed E-state index contributed by atoms with van der Waals surface area (Å²) < 4.78 is 0. The van der Waals surface area contributed by atoms with Crippen molar-refractivity contribution in [1.82, 2.24) is 0 Å². The van der Waals surface area contributed by atoms with Gasteiger partial charge in [0.05, 0.1) is 6.10 Å². The van der Waals surface area contributed by atoms with Crippen LogP contribution in [0.3, 0.4) is 0 Å². The van der Waals surface area contributed by atoms with Crippen LogP contribution in [0.4, 0.5) is 0 Å². The summed E-state index contributed by atoms with van der Waals surface area (Å²) in [6.45, 7) is 2.20. The average molecular weight is 168 g/mol. The fourth-order valence-electron chi connectivity index (χ4n) is 3.23. The maximum Gasteiger partial charge on any atom is 0.0621 e. The van der Waals surface area contributed by atoms with E-state index in [0.717, 1.165) is 0 Å². The first kappa shape index (κ1) is 8.55. The Morgan fingerprint density at radius 1 is 1.08 bits per heavy atom. The van der Waals surface area contributed by atoms with Crippen LogP contribution in [0.15, 0.2) is 0 Å². The Morgan fingerprint density at radius 2 is 1.75 bits per heavy atom. The average Bonchev–Trinajstić information content (AvgIpc) is 2.37. The van der Waals surface area contributed by atoms with E-state index in [1.807, 2.05) is 0 Å². The first-order valence-corrected chi connectivity index (χ1v) is 5.43. The highest BCUT2D eigenvalue weighted by Gasteiger charge is 2.45. The van der Waals surface area contributed by atoms with E-state index >= 15 is 0 Å². The molecule has 2 fully saturated rings. The summed E-state index contributed by atoms with van der Waals surface area (Å²) in [6.07, 6.45) is 9.22. The molecular formula is C11H20O. The third kappa shape index (κ3) is 1.19. The summed E-state index contributed by atoms with van der Waals surface area (Å²) in [4.78, 5) is 0. The van der Waals surface area contributed by atoms with E-state index < -0.39 is 0 Å². The molecule has 0 heterocycles. The molecule has 0 saturated heterocycles. The quantitative estimate of drug-likeness (QED) is 0.589. The first-order chi connectivity index (χ1) is 5.75. The topological polar surface area (TPSA) is 20.2 Å². The second kappa shape index (κ2) is 3.02. The molecule has 0 radical (unpaired) electrons. The lowest BCUT2D eigenvalue weighted by Gasteiger charge is -2.37. The minimum absolute atomic E-state index is 0.0119. The summed E-state index contributed by atoms with van der Waals surface area (Å²) in [5.74, 6) is 0.558. The van der Waals surface area contributed by atoms with Gasteiger partial charge in [0, 0.05) is 0 Å². The molecule has 0 aromatic heterocycles. The van der Waals surface area contributed by atoms with E-state index in [1.165, 1.54) is 44.9 Å². The third-order valence-electron chi connectivity index (χ3n) is 4.11. The van der Waals surface area contributed by atoms with Crippen molar-refractivity contribution in [3.8, 4) is 0 Å². The zero-order valence-electron chi connectivity index (χ0n) is 8.05. The molecule has 2 saturated carbocycles. The van der Waals surface area contributed by atoms with Crippen molar-refractivity contribution < 1.29 is 5.11 Å². The second-order valence-electron chi connectivity index (χ2n) is 4.88. The van der Waals surface area contributed by atoms with Gasteiger partial charge in [-0.2, -0.15) is 0 Å². The van der Waals surface area contributed by atoms with Gasteiger partial charge in [0.15, 0.2) is 0 Å². The molecule has 1 nitrogen and oxygen atoms in total. The highest BCUT2D eigenvalue weighted by atomic mass is 16.3. The molecule has 2 aliphatic carbocycles. The van der Waals surface area contributed by atoms with Gasteiger partial charge in [-0.25, -0.2) is 0 Å². The number of hydrogen-bond acceptors (Lipinski definition) is 1. The summed E-state index contributed by atoms with van der Waals surface area (Å²) in [7, 11) is 0. The van der Waals surface area contributed by atoms with Crippen LogP contribution in [-0.2, 0) is 0 Å². The van der Waals surface area contributed by atoms with Crippen molar-refractivity contribution >= 4 is 0 Å². The number of hydrogen-bond donors (Lipinski definition) is 1. The molecular weight excluding hydrogens is 148 g/mol. The van der Waals surface area contributed by atoms with E-state index in [9.17, 15) is 5.11 Å². The van der Waals surface area contributed by atoms with Crippen molar-refractivity contribution in [1.29, 1.82) is 0 Å². The Bertz CT molecular complexity index is 153. The van der Waals surface area contributed by atoms with Crippen molar-refractivity contribution in [2.45, 2.75) is 58.0 Å². The monoisotopic (exact) mass is 168 g/mol. The van der Waals surface area contributed by atoms with Gasteiger partial charge in [-0.3, -0.25) is 0 Å². The fraction of sp³-hybridized carbons (Fsp3) is 1.00. The molecule has 0 unspecified atom stereocenters. The van der Waals surface area contributed by atoms with E-state index in [-0.39, 0.29) is 6.10 Å². The summed E-state index contributed by atoms with van der Waals surface area (Å²) in [6, 6.07) is 0. The molecule has 1 heteroatoms. The predicted molar refractivity (Wildman–Crippen MR) is 49.9 cm³/mol. The predicted octanol–water partition coefficient (Wildman–Crippen LogP) is 2.73. The van der Waals surface area contributed by atoms with Gasteiger partial charge in [0.1, 0.15) is 0 Å². The molecule has 0 aromatic carbocycles. The van der Waals surface area contributed by atoms with Crippen LogP contribution in [0.1, 0.15) is 51.9 Å². The van der Waals surface area contributed by atoms with Gasteiger partial charge >= 0.3 is 0 Å². The Hall–Kier alpha value is -0.0400. The van der Waals surface area contributed by atoms with Crippen LogP contribution >= 0.6 is 0 Å². The molecule has 0 amide bonds. The van der Waals surface area contributed by atoms with Gasteiger partial charge in [0.2, 0.25) is 0 Å². The lowest BCUT2D eigenvalue weighted by molar-refractivity contribution is 0.00309. The molecule has 1 spiro atoms. The largest absolute Gasteiger partial charge is 0.392 e. The Kier molecular flexibility index (Phi) is 2.16. The normalized spacial score (nSPS) is 40.5.